The molecule has 0 aromatic rings. The average Bonchev–Trinajstić information content (AvgIpc) is 2.65. The van der Waals surface area contributed by atoms with Gasteiger partial charge in [-0.2, -0.15) is 0 Å². The Kier molecular flexibility index (Phi) is 4.85. The zero-order chi connectivity index (χ0) is 10.6. The maximum atomic E-state index is 5.39. The van der Waals surface area contributed by atoms with Gasteiger partial charge in [0.1, 0.15) is 0 Å². The molecule has 0 aromatic carbocycles. The van der Waals surface area contributed by atoms with E-state index in [9.17, 15) is 0 Å². The van der Waals surface area contributed by atoms with Crippen molar-refractivity contribution < 1.29 is 4.74 Å². The normalized spacial score (nSPS) is 24.9. The topological polar surface area (TPSA) is 24.5 Å². The zero-order valence-electron chi connectivity index (χ0n) is 9.92. The van der Waals surface area contributed by atoms with Gasteiger partial charge in [-0.05, 0) is 20.4 Å². The highest BCUT2D eigenvalue weighted by Gasteiger charge is 2.23. The molecule has 1 aliphatic heterocycles. The first-order valence-corrected chi connectivity index (χ1v) is 5.64. The highest BCUT2D eigenvalue weighted by atomic mass is 16.5. The Morgan fingerprint density at radius 3 is 2.64 bits per heavy atom. The van der Waals surface area contributed by atoms with E-state index in [4.69, 9.17) is 4.74 Å². The van der Waals surface area contributed by atoms with Crippen molar-refractivity contribution in [3.63, 3.8) is 0 Å². The van der Waals surface area contributed by atoms with Crippen LogP contribution in [-0.4, -0.2) is 49.8 Å². The molecule has 0 saturated carbocycles. The Labute approximate surface area is 87.8 Å². The molecule has 0 radical (unpaired) electrons. The molecule has 3 nitrogen and oxygen atoms in total. The third-order valence-electron chi connectivity index (χ3n) is 3.00. The van der Waals surface area contributed by atoms with E-state index in [1.807, 2.05) is 0 Å². The summed E-state index contributed by atoms with van der Waals surface area (Å²) in [5.41, 5.74) is 0. The lowest BCUT2D eigenvalue weighted by atomic mass is 10.2. The van der Waals surface area contributed by atoms with Gasteiger partial charge in [-0.3, -0.25) is 4.90 Å². The van der Waals surface area contributed by atoms with E-state index in [-0.39, 0.29) is 0 Å². The first-order valence-electron chi connectivity index (χ1n) is 5.64. The van der Waals surface area contributed by atoms with Gasteiger partial charge < -0.3 is 10.1 Å². The van der Waals surface area contributed by atoms with Gasteiger partial charge >= 0.3 is 0 Å². The van der Waals surface area contributed by atoms with Crippen LogP contribution in [0.1, 0.15) is 27.2 Å². The van der Waals surface area contributed by atoms with Crippen LogP contribution in [0.3, 0.4) is 0 Å². The van der Waals surface area contributed by atoms with Crippen molar-refractivity contribution in [1.82, 2.24) is 10.2 Å². The van der Waals surface area contributed by atoms with Gasteiger partial charge in [0, 0.05) is 31.3 Å². The number of rotatable bonds is 5. The largest absolute Gasteiger partial charge is 0.380 e. The molecule has 1 fully saturated rings. The van der Waals surface area contributed by atoms with Gasteiger partial charge in [0.15, 0.2) is 0 Å². The van der Waals surface area contributed by atoms with Gasteiger partial charge in [-0.1, -0.05) is 13.8 Å². The smallest absolute Gasteiger partial charge is 0.0622 e. The molecular formula is C11H24N2O. The summed E-state index contributed by atoms with van der Waals surface area (Å²) in [6.45, 7) is 9.54. The van der Waals surface area contributed by atoms with Crippen LogP contribution in [0.5, 0.6) is 0 Å². The molecule has 1 heterocycles. The summed E-state index contributed by atoms with van der Waals surface area (Å²) in [4.78, 5) is 2.43. The van der Waals surface area contributed by atoms with Crippen molar-refractivity contribution in [3.05, 3.63) is 0 Å². The van der Waals surface area contributed by atoms with E-state index in [1.54, 1.807) is 0 Å². The second-order valence-corrected chi connectivity index (χ2v) is 4.59. The number of hydrogen-bond donors (Lipinski definition) is 1. The molecule has 0 aromatic heterocycles. The fraction of sp³-hybridized carbons (Fsp3) is 1.00. The Morgan fingerprint density at radius 1 is 1.43 bits per heavy atom. The number of nitrogens with one attached hydrogen (secondary N) is 1. The van der Waals surface area contributed by atoms with Gasteiger partial charge in [0.25, 0.3) is 0 Å². The SMILES string of the molecule is CC(C)NCC(C)N(C)C1CCOC1. The van der Waals surface area contributed by atoms with Crippen molar-refractivity contribution in [3.8, 4) is 0 Å². The lowest BCUT2D eigenvalue weighted by molar-refractivity contribution is 0.136. The summed E-state index contributed by atoms with van der Waals surface area (Å²) in [6, 6.07) is 1.79. The molecule has 1 rings (SSSR count). The minimum atomic E-state index is 0.575. The minimum Gasteiger partial charge on any atom is -0.380 e. The number of nitrogens with zero attached hydrogens (tertiary/aromatic N) is 1. The minimum absolute atomic E-state index is 0.575. The average molecular weight is 200 g/mol. The predicted molar refractivity (Wildman–Crippen MR) is 59.6 cm³/mol. The van der Waals surface area contributed by atoms with Crippen LogP contribution in [0.4, 0.5) is 0 Å². The fourth-order valence-corrected chi connectivity index (χ4v) is 1.75. The fourth-order valence-electron chi connectivity index (χ4n) is 1.75. The van der Waals surface area contributed by atoms with Crippen molar-refractivity contribution in [2.24, 2.45) is 0 Å². The second-order valence-electron chi connectivity index (χ2n) is 4.59. The predicted octanol–water partition coefficient (Wildman–Crippen LogP) is 1.09. The summed E-state index contributed by atoms with van der Waals surface area (Å²) in [5.74, 6) is 0. The molecule has 0 aliphatic carbocycles. The van der Waals surface area contributed by atoms with Crippen LogP contribution in [0.2, 0.25) is 0 Å². The van der Waals surface area contributed by atoms with Gasteiger partial charge in [-0.25, -0.2) is 0 Å². The maximum absolute atomic E-state index is 5.39. The van der Waals surface area contributed by atoms with Crippen LogP contribution in [0.25, 0.3) is 0 Å². The van der Waals surface area contributed by atoms with Gasteiger partial charge in [-0.15, -0.1) is 0 Å². The van der Waals surface area contributed by atoms with E-state index in [1.165, 1.54) is 6.42 Å². The quantitative estimate of drug-likeness (QED) is 0.719. The molecule has 1 aliphatic rings. The summed E-state index contributed by atoms with van der Waals surface area (Å²) in [6.07, 6.45) is 1.18. The summed E-state index contributed by atoms with van der Waals surface area (Å²) in [7, 11) is 2.20. The monoisotopic (exact) mass is 200 g/mol. The van der Waals surface area contributed by atoms with Crippen LogP contribution >= 0.6 is 0 Å². The lowest BCUT2D eigenvalue weighted by Crippen LogP contribution is -2.45. The van der Waals surface area contributed by atoms with E-state index in [0.717, 1.165) is 19.8 Å². The zero-order valence-corrected chi connectivity index (χ0v) is 9.92. The van der Waals surface area contributed by atoms with Crippen molar-refractivity contribution in [1.29, 1.82) is 0 Å². The molecule has 84 valence electrons. The molecule has 0 amide bonds. The number of hydrogen-bond acceptors (Lipinski definition) is 3. The van der Waals surface area contributed by atoms with Crippen molar-refractivity contribution in [2.45, 2.75) is 45.3 Å². The van der Waals surface area contributed by atoms with Crippen LogP contribution in [-0.2, 0) is 4.74 Å². The third-order valence-corrected chi connectivity index (χ3v) is 3.00. The second kappa shape index (κ2) is 5.69. The molecule has 3 heteroatoms. The molecule has 2 unspecified atom stereocenters. The van der Waals surface area contributed by atoms with Gasteiger partial charge in [0.05, 0.1) is 6.61 Å². The molecule has 0 spiro atoms. The standard InChI is InChI=1S/C11H24N2O/c1-9(2)12-7-10(3)13(4)11-5-6-14-8-11/h9-12H,5-8H2,1-4H3. The van der Waals surface area contributed by atoms with E-state index < -0.39 is 0 Å². The lowest BCUT2D eigenvalue weighted by Gasteiger charge is -2.30. The molecule has 14 heavy (non-hydrogen) atoms. The molecular weight excluding hydrogens is 176 g/mol. The Morgan fingerprint density at radius 2 is 2.14 bits per heavy atom. The molecule has 1 saturated heterocycles. The third kappa shape index (κ3) is 3.56. The summed E-state index contributed by atoms with van der Waals surface area (Å²) >= 11 is 0. The summed E-state index contributed by atoms with van der Waals surface area (Å²) in [5, 5.41) is 3.47. The Hall–Kier alpha value is -0.120. The number of likely N-dealkylation sites (N-methyl/N-ethyl adjacent to an activating group) is 1. The first kappa shape index (κ1) is 12.0. The van der Waals surface area contributed by atoms with Crippen LogP contribution in [0.15, 0.2) is 0 Å². The van der Waals surface area contributed by atoms with Crippen molar-refractivity contribution >= 4 is 0 Å². The van der Waals surface area contributed by atoms with Gasteiger partial charge in [0.2, 0.25) is 0 Å². The first-order chi connectivity index (χ1) is 6.61. The van der Waals surface area contributed by atoms with Crippen LogP contribution in [0, 0.1) is 0 Å². The highest BCUT2D eigenvalue weighted by molar-refractivity contribution is 4.78. The molecule has 2 atom stereocenters. The van der Waals surface area contributed by atoms with E-state index in [2.05, 4.69) is 38.0 Å². The van der Waals surface area contributed by atoms with Crippen molar-refractivity contribution in [2.75, 3.05) is 26.8 Å². The van der Waals surface area contributed by atoms with E-state index in [0.29, 0.717) is 18.1 Å². The van der Waals surface area contributed by atoms with Crippen LogP contribution < -0.4 is 5.32 Å². The Bertz CT molecular complexity index is 155. The Balaban J connectivity index is 2.24. The highest BCUT2D eigenvalue weighted by Crippen LogP contribution is 2.12. The number of ether oxygens (including phenoxy) is 1. The maximum Gasteiger partial charge on any atom is 0.0622 e. The molecule has 0 bridgehead atoms. The van der Waals surface area contributed by atoms with E-state index >= 15 is 0 Å². The summed E-state index contributed by atoms with van der Waals surface area (Å²) < 4.78 is 5.39. The molecule has 1 N–H and O–H groups in total.